The van der Waals surface area contributed by atoms with Crippen LogP contribution in [0.1, 0.15) is 32.1 Å². The number of carbonyl (C=O) groups excluding carboxylic acids is 1. The predicted octanol–water partition coefficient (Wildman–Crippen LogP) is 0.836. The third-order valence-corrected chi connectivity index (χ3v) is 2.68. The zero-order valence-electron chi connectivity index (χ0n) is 9.49. The van der Waals surface area contributed by atoms with Crippen molar-refractivity contribution in [1.29, 1.82) is 10.5 Å². The van der Waals surface area contributed by atoms with Gasteiger partial charge in [0.15, 0.2) is 5.70 Å². The Balaban J connectivity index is 2.49. The van der Waals surface area contributed by atoms with Crippen molar-refractivity contribution in [3.8, 4) is 12.1 Å². The fourth-order valence-corrected chi connectivity index (χ4v) is 1.79. The molecule has 1 rings (SSSR count). The molecular weight excluding hydrogens is 218 g/mol. The highest BCUT2D eigenvalue weighted by molar-refractivity contribution is 5.77. The van der Waals surface area contributed by atoms with Gasteiger partial charge in [-0.15, -0.1) is 0 Å². The Kier molecular flexibility index (Phi) is 4.83. The zero-order chi connectivity index (χ0) is 12.7. The van der Waals surface area contributed by atoms with Crippen LogP contribution in [-0.2, 0) is 0 Å². The van der Waals surface area contributed by atoms with Crippen LogP contribution < -0.4 is 16.4 Å². The Morgan fingerprint density at radius 2 is 1.82 bits per heavy atom. The Labute approximate surface area is 100 Å². The molecule has 90 valence electrons. The monoisotopic (exact) mass is 233 g/mol. The van der Waals surface area contributed by atoms with Crippen LogP contribution in [0, 0.1) is 22.7 Å². The number of allylic oxidation sites excluding steroid dienone is 2. The van der Waals surface area contributed by atoms with Crippen molar-refractivity contribution in [2.45, 2.75) is 38.1 Å². The van der Waals surface area contributed by atoms with E-state index in [9.17, 15) is 4.79 Å². The molecule has 1 saturated carbocycles. The van der Waals surface area contributed by atoms with E-state index in [-0.39, 0.29) is 17.4 Å². The molecule has 0 spiro atoms. The molecule has 6 nitrogen and oxygen atoms in total. The minimum absolute atomic E-state index is 0.145. The zero-order valence-corrected chi connectivity index (χ0v) is 9.49. The third kappa shape index (κ3) is 4.04. The van der Waals surface area contributed by atoms with Crippen molar-refractivity contribution >= 4 is 6.03 Å². The van der Waals surface area contributed by atoms with Crippen molar-refractivity contribution in [2.24, 2.45) is 5.73 Å². The van der Waals surface area contributed by atoms with E-state index in [2.05, 4.69) is 10.6 Å². The Morgan fingerprint density at radius 1 is 1.18 bits per heavy atom. The number of rotatable bonds is 2. The summed E-state index contributed by atoms with van der Waals surface area (Å²) in [5.41, 5.74) is 4.77. The summed E-state index contributed by atoms with van der Waals surface area (Å²) in [5, 5.41) is 22.3. The summed E-state index contributed by atoms with van der Waals surface area (Å²) in [6.45, 7) is 0. The van der Waals surface area contributed by atoms with Crippen LogP contribution in [0.2, 0.25) is 0 Å². The van der Waals surface area contributed by atoms with Gasteiger partial charge in [0.1, 0.15) is 17.8 Å². The van der Waals surface area contributed by atoms with Gasteiger partial charge < -0.3 is 11.1 Å². The molecule has 0 saturated heterocycles. The number of urea groups is 1. The first-order valence-corrected chi connectivity index (χ1v) is 5.55. The molecule has 4 N–H and O–H groups in total. The van der Waals surface area contributed by atoms with Crippen LogP contribution >= 0.6 is 0 Å². The number of carbonyl (C=O) groups is 1. The molecule has 1 aliphatic carbocycles. The number of nitrogens with zero attached hydrogens (tertiary/aromatic N) is 2. The summed E-state index contributed by atoms with van der Waals surface area (Å²) in [5.74, 6) is 0. The maximum atomic E-state index is 11.5. The average molecular weight is 233 g/mol. The molecule has 0 aromatic rings. The van der Waals surface area contributed by atoms with E-state index in [0.29, 0.717) is 0 Å². The first-order chi connectivity index (χ1) is 8.17. The van der Waals surface area contributed by atoms with E-state index in [1.54, 1.807) is 12.1 Å². The van der Waals surface area contributed by atoms with Gasteiger partial charge >= 0.3 is 6.03 Å². The summed E-state index contributed by atoms with van der Waals surface area (Å²) in [6, 6.07) is 2.96. The molecule has 0 heterocycles. The Morgan fingerprint density at radius 3 is 2.35 bits per heavy atom. The van der Waals surface area contributed by atoms with Gasteiger partial charge in [-0.1, -0.05) is 19.3 Å². The second-order valence-corrected chi connectivity index (χ2v) is 3.95. The molecule has 0 aromatic heterocycles. The number of hydrogen-bond acceptors (Lipinski definition) is 4. The summed E-state index contributed by atoms with van der Waals surface area (Å²) in [4.78, 5) is 11.5. The van der Waals surface area contributed by atoms with E-state index >= 15 is 0 Å². The largest absolute Gasteiger partial charge is 0.388 e. The van der Waals surface area contributed by atoms with Crippen LogP contribution in [0.15, 0.2) is 11.4 Å². The minimum atomic E-state index is -0.480. The molecule has 0 bridgehead atoms. The first-order valence-electron chi connectivity index (χ1n) is 5.55. The Bertz CT molecular complexity index is 395. The standard InChI is InChI=1S/C11H15N5O/c12-6-9(14)10(7-13)16-11(17)15-8-4-2-1-3-5-8/h8H,1-5,14H2,(H2,15,16,17)/b10-9-. The second-order valence-electron chi connectivity index (χ2n) is 3.95. The van der Waals surface area contributed by atoms with E-state index in [1.165, 1.54) is 6.42 Å². The van der Waals surface area contributed by atoms with Crippen LogP contribution in [0.3, 0.4) is 0 Å². The maximum absolute atomic E-state index is 11.5. The molecule has 2 amide bonds. The summed E-state index contributed by atoms with van der Waals surface area (Å²) in [6.07, 6.45) is 5.31. The van der Waals surface area contributed by atoms with Crippen molar-refractivity contribution in [3.63, 3.8) is 0 Å². The van der Waals surface area contributed by atoms with Crippen LogP contribution in [0.25, 0.3) is 0 Å². The van der Waals surface area contributed by atoms with Crippen molar-refractivity contribution in [2.75, 3.05) is 0 Å². The maximum Gasteiger partial charge on any atom is 0.320 e. The van der Waals surface area contributed by atoms with Gasteiger partial charge in [0.25, 0.3) is 0 Å². The highest BCUT2D eigenvalue weighted by atomic mass is 16.2. The van der Waals surface area contributed by atoms with Crippen molar-refractivity contribution in [1.82, 2.24) is 10.6 Å². The second kappa shape index (κ2) is 6.39. The van der Waals surface area contributed by atoms with Crippen LogP contribution in [0.4, 0.5) is 4.79 Å². The van der Waals surface area contributed by atoms with Gasteiger partial charge in [0.2, 0.25) is 0 Å². The van der Waals surface area contributed by atoms with Gasteiger partial charge in [0, 0.05) is 6.04 Å². The van der Waals surface area contributed by atoms with E-state index in [0.717, 1.165) is 25.7 Å². The molecule has 6 heteroatoms. The van der Waals surface area contributed by atoms with Gasteiger partial charge in [-0.3, -0.25) is 5.32 Å². The first kappa shape index (κ1) is 12.9. The quantitative estimate of drug-likeness (QED) is 0.613. The SMILES string of the molecule is N#C/C(N)=C(\C#N)NC(=O)NC1CCCCC1. The molecule has 1 aliphatic rings. The number of nitriles is 2. The molecule has 0 radical (unpaired) electrons. The lowest BCUT2D eigenvalue weighted by molar-refractivity contribution is 0.235. The lowest BCUT2D eigenvalue weighted by Gasteiger charge is -2.22. The summed E-state index contributed by atoms with van der Waals surface area (Å²) in [7, 11) is 0. The average Bonchev–Trinajstić information content (AvgIpc) is 2.36. The minimum Gasteiger partial charge on any atom is -0.388 e. The normalized spacial score (nSPS) is 17.3. The molecular formula is C11H15N5O. The van der Waals surface area contributed by atoms with Crippen molar-refractivity contribution < 1.29 is 4.79 Å². The topological polar surface area (TPSA) is 115 Å². The number of amides is 2. The molecule has 0 atom stereocenters. The number of nitrogens with one attached hydrogen (secondary N) is 2. The van der Waals surface area contributed by atoms with Gasteiger partial charge in [-0.2, -0.15) is 10.5 Å². The fourth-order valence-electron chi connectivity index (χ4n) is 1.79. The van der Waals surface area contributed by atoms with Crippen molar-refractivity contribution in [3.05, 3.63) is 11.4 Å². The van der Waals surface area contributed by atoms with E-state index in [4.69, 9.17) is 16.3 Å². The van der Waals surface area contributed by atoms with Crippen LogP contribution in [0.5, 0.6) is 0 Å². The molecule has 0 aromatic carbocycles. The van der Waals surface area contributed by atoms with Gasteiger partial charge in [-0.25, -0.2) is 4.79 Å². The summed E-state index contributed by atoms with van der Waals surface area (Å²) < 4.78 is 0. The highest BCUT2D eigenvalue weighted by Crippen LogP contribution is 2.17. The highest BCUT2D eigenvalue weighted by Gasteiger charge is 2.16. The van der Waals surface area contributed by atoms with Gasteiger partial charge in [-0.05, 0) is 12.8 Å². The fraction of sp³-hybridized carbons (Fsp3) is 0.545. The predicted molar refractivity (Wildman–Crippen MR) is 61.0 cm³/mol. The third-order valence-electron chi connectivity index (χ3n) is 2.68. The molecule has 1 fully saturated rings. The molecule has 17 heavy (non-hydrogen) atoms. The molecule has 0 unspecified atom stereocenters. The number of nitrogens with two attached hydrogens (primary N) is 1. The van der Waals surface area contributed by atoms with E-state index < -0.39 is 6.03 Å². The van der Waals surface area contributed by atoms with Crippen LogP contribution in [-0.4, -0.2) is 12.1 Å². The Hall–Kier alpha value is -2.21. The van der Waals surface area contributed by atoms with E-state index in [1.807, 2.05) is 0 Å². The smallest absolute Gasteiger partial charge is 0.320 e. The number of hydrogen-bond donors (Lipinski definition) is 3. The lowest BCUT2D eigenvalue weighted by Crippen LogP contribution is -2.42. The van der Waals surface area contributed by atoms with Gasteiger partial charge in [0.05, 0.1) is 0 Å². The lowest BCUT2D eigenvalue weighted by atomic mass is 9.96. The molecule has 0 aliphatic heterocycles. The summed E-state index contributed by atoms with van der Waals surface area (Å²) >= 11 is 0.